The molecule has 2 heterocycles. The van der Waals surface area contributed by atoms with E-state index >= 15 is 0 Å². The first-order chi connectivity index (χ1) is 14.2. The molecular formula is C22H22FN5O. The van der Waals surface area contributed by atoms with E-state index in [1.807, 2.05) is 6.07 Å². The minimum absolute atomic E-state index is 0.195. The van der Waals surface area contributed by atoms with Gasteiger partial charge >= 0.3 is 0 Å². The molecule has 0 spiro atoms. The van der Waals surface area contributed by atoms with E-state index in [0.29, 0.717) is 5.69 Å². The molecule has 3 aromatic rings. The van der Waals surface area contributed by atoms with E-state index in [9.17, 15) is 9.18 Å². The second-order valence-electron chi connectivity index (χ2n) is 6.99. The largest absolute Gasteiger partial charge is 0.353 e. The molecule has 1 N–H and O–H groups in total. The number of amides is 1. The van der Waals surface area contributed by atoms with Crippen molar-refractivity contribution in [1.29, 1.82) is 0 Å². The number of halogens is 1. The molecule has 148 valence electrons. The third kappa shape index (κ3) is 4.94. The fourth-order valence-electron chi connectivity index (χ4n) is 3.35. The number of hydrogen-bond acceptors (Lipinski definition) is 5. The van der Waals surface area contributed by atoms with Crippen LogP contribution >= 0.6 is 0 Å². The van der Waals surface area contributed by atoms with Crippen LogP contribution < -0.4 is 10.2 Å². The number of carbonyl (C=O) groups excluding carboxylic acids is 1. The Kier molecular flexibility index (Phi) is 5.76. The van der Waals surface area contributed by atoms with Gasteiger partial charge in [-0.2, -0.15) is 0 Å². The van der Waals surface area contributed by atoms with Gasteiger partial charge in [0.15, 0.2) is 11.5 Å². The van der Waals surface area contributed by atoms with Crippen molar-refractivity contribution >= 4 is 17.4 Å². The zero-order valence-electron chi connectivity index (χ0n) is 16.0. The Morgan fingerprint density at radius 3 is 2.41 bits per heavy atom. The molecule has 29 heavy (non-hydrogen) atoms. The molecule has 2 aromatic carbocycles. The van der Waals surface area contributed by atoms with Gasteiger partial charge in [0.1, 0.15) is 5.82 Å². The normalized spacial score (nSPS) is 14.6. The summed E-state index contributed by atoms with van der Waals surface area (Å²) >= 11 is 0. The summed E-state index contributed by atoms with van der Waals surface area (Å²) in [4.78, 5) is 16.9. The summed E-state index contributed by atoms with van der Waals surface area (Å²) in [6.45, 7) is 4.54. The number of carbonyl (C=O) groups is 1. The molecule has 7 heteroatoms. The van der Waals surface area contributed by atoms with Gasteiger partial charge in [0.2, 0.25) is 0 Å². The van der Waals surface area contributed by atoms with E-state index in [0.717, 1.165) is 38.5 Å². The smallest absolute Gasteiger partial charge is 0.276 e. The lowest BCUT2D eigenvalue weighted by Crippen LogP contribution is -2.46. The molecule has 1 amide bonds. The van der Waals surface area contributed by atoms with Crippen LogP contribution in [0.3, 0.4) is 0 Å². The highest BCUT2D eigenvalue weighted by Gasteiger charge is 2.19. The Morgan fingerprint density at radius 1 is 0.931 bits per heavy atom. The topological polar surface area (TPSA) is 61.4 Å². The quantitative estimate of drug-likeness (QED) is 0.724. The van der Waals surface area contributed by atoms with E-state index in [-0.39, 0.29) is 5.69 Å². The zero-order valence-corrected chi connectivity index (χ0v) is 16.0. The minimum atomic E-state index is -0.415. The number of rotatable bonds is 5. The molecule has 0 radical (unpaired) electrons. The number of benzene rings is 2. The van der Waals surface area contributed by atoms with Crippen LogP contribution in [-0.4, -0.2) is 47.2 Å². The van der Waals surface area contributed by atoms with Crippen molar-refractivity contribution in [2.24, 2.45) is 0 Å². The maximum atomic E-state index is 13.2. The highest BCUT2D eigenvalue weighted by atomic mass is 19.1. The van der Waals surface area contributed by atoms with Crippen LogP contribution in [0.1, 0.15) is 16.1 Å². The maximum absolute atomic E-state index is 13.2. The van der Waals surface area contributed by atoms with E-state index in [4.69, 9.17) is 0 Å². The fourth-order valence-corrected chi connectivity index (χ4v) is 3.35. The van der Waals surface area contributed by atoms with Crippen LogP contribution in [0.15, 0.2) is 66.7 Å². The molecule has 1 aliphatic rings. The van der Waals surface area contributed by atoms with Gasteiger partial charge in [-0.15, -0.1) is 10.2 Å². The molecule has 6 nitrogen and oxygen atoms in total. The van der Waals surface area contributed by atoms with Crippen LogP contribution in [0.25, 0.3) is 0 Å². The van der Waals surface area contributed by atoms with Crippen LogP contribution in [0.4, 0.5) is 15.9 Å². The van der Waals surface area contributed by atoms with Crippen molar-refractivity contribution in [3.63, 3.8) is 0 Å². The molecule has 0 saturated carbocycles. The number of aromatic nitrogens is 2. The molecular weight excluding hydrogens is 369 g/mol. The van der Waals surface area contributed by atoms with Crippen molar-refractivity contribution in [3.8, 4) is 0 Å². The van der Waals surface area contributed by atoms with Crippen molar-refractivity contribution in [3.05, 3.63) is 83.8 Å². The summed E-state index contributed by atoms with van der Waals surface area (Å²) in [6, 6.07) is 19.6. The second kappa shape index (κ2) is 8.79. The fraction of sp³-hybridized carbons (Fsp3) is 0.227. The minimum Gasteiger partial charge on any atom is -0.353 e. The van der Waals surface area contributed by atoms with Gasteiger partial charge in [0, 0.05) is 38.4 Å². The van der Waals surface area contributed by atoms with Gasteiger partial charge < -0.3 is 10.2 Å². The standard InChI is InChI=1S/C22H22FN5O/c23-18-7-4-8-19(15-18)24-22(29)20-9-10-21(26-25-20)28-13-11-27(12-14-28)16-17-5-2-1-3-6-17/h1-10,15H,11-14,16H2,(H,24,29). The van der Waals surface area contributed by atoms with Crippen molar-refractivity contribution in [2.75, 3.05) is 36.4 Å². The molecule has 0 atom stereocenters. The lowest BCUT2D eigenvalue weighted by Gasteiger charge is -2.35. The first kappa shape index (κ1) is 19.0. The average molecular weight is 391 g/mol. The molecule has 0 unspecified atom stereocenters. The van der Waals surface area contributed by atoms with E-state index < -0.39 is 11.7 Å². The number of piperazine rings is 1. The van der Waals surface area contributed by atoms with Gasteiger partial charge in [-0.3, -0.25) is 9.69 Å². The summed E-state index contributed by atoms with van der Waals surface area (Å²) in [6.07, 6.45) is 0. The molecule has 1 aromatic heterocycles. The summed E-state index contributed by atoms with van der Waals surface area (Å²) < 4.78 is 13.2. The van der Waals surface area contributed by atoms with Gasteiger partial charge in [-0.25, -0.2) is 4.39 Å². The lowest BCUT2D eigenvalue weighted by atomic mass is 10.2. The molecule has 1 fully saturated rings. The highest BCUT2D eigenvalue weighted by Crippen LogP contribution is 2.15. The number of anilines is 2. The Balaban J connectivity index is 1.32. The van der Waals surface area contributed by atoms with Crippen LogP contribution in [0.2, 0.25) is 0 Å². The van der Waals surface area contributed by atoms with Gasteiger partial charge in [-0.1, -0.05) is 36.4 Å². The predicted octanol–water partition coefficient (Wildman–Crippen LogP) is 3.19. The lowest BCUT2D eigenvalue weighted by molar-refractivity contribution is 0.102. The van der Waals surface area contributed by atoms with Crippen LogP contribution in [0, 0.1) is 5.82 Å². The zero-order chi connectivity index (χ0) is 20.1. The van der Waals surface area contributed by atoms with Gasteiger partial charge in [0.05, 0.1) is 0 Å². The number of nitrogens with one attached hydrogen (secondary N) is 1. The van der Waals surface area contributed by atoms with E-state index in [2.05, 4.69) is 49.6 Å². The van der Waals surface area contributed by atoms with Crippen molar-refractivity contribution < 1.29 is 9.18 Å². The molecule has 4 rings (SSSR count). The Bertz CT molecular complexity index is 956. The summed E-state index contributed by atoms with van der Waals surface area (Å²) in [5.74, 6) is -0.0652. The summed E-state index contributed by atoms with van der Waals surface area (Å²) in [7, 11) is 0. The number of nitrogens with zero attached hydrogens (tertiary/aromatic N) is 4. The maximum Gasteiger partial charge on any atom is 0.276 e. The third-order valence-electron chi connectivity index (χ3n) is 4.91. The second-order valence-corrected chi connectivity index (χ2v) is 6.99. The van der Waals surface area contributed by atoms with Crippen LogP contribution in [-0.2, 0) is 6.54 Å². The molecule has 0 aliphatic carbocycles. The van der Waals surface area contributed by atoms with Crippen LogP contribution in [0.5, 0.6) is 0 Å². The predicted molar refractivity (Wildman–Crippen MR) is 110 cm³/mol. The van der Waals surface area contributed by atoms with Gasteiger partial charge in [-0.05, 0) is 35.9 Å². The van der Waals surface area contributed by atoms with E-state index in [1.165, 1.54) is 23.8 Å². The Hall–Kier alpha value is -3.32. The SMILES string of the molecule is O=C(Nc1cccc(F)c1)c1ccc(N2CCN(Cc3ccccc3)CC2)nn1. The average Bonchev–Trinajstić information content (AvgIpc) is 2.75. The first-order valence-electron chi connectivity index (χ1n) is 9.59. The highest BCUT2D eigenvalue weighted by molar-refractivity contribution is 6.02. The summed E-state index contributed by atoms with van der Waals surface area (Å²) in [5.41, 5.74) is 1.89. The van der Waals surface area contributed by atoms with Crippen molar-refractivity contribution in [2.45, 2.75) is 6.54 Å². The summed E-state index contributed by atoms with van der Waals surface area (Å²) in [5, 5.41) is 10.9. The van der Waals surface area contributed by atoms with Gasteiger partial charge in [0.25, 0.3) is 5.91 Å². The van der Waals surface area contributed by atoms with Crippen molar-refractivity contribution in [1.82, 2.24) is 15.1 Å². The molecule has 1 aliphatic heterocycles. The molecule has 1 saturated heterocycles. The Morgan fingerprint density at radius 2 is 1.72 bits per heavy atom. The molecule has 0 bridgehead atoms. The number of hydrogen-bond donors (Lipinski definition) is 1. The first-order valence-corrected chi connectivity index (χ1v) is 9.59. The van der Waals surface area contributed by atoms with E-state index in [1.54, 1.807) is 18.2 Å². The Labute approximate surface area is 169 Å². The third-order valence-corrected chi connectivity index (χ3v) is 4.91. The monoisotopic (exact) mass is 391 g/mol.